The second-order valence-corrected chi connectivity index (χ2v) is 5.40. The third-order valence-corrected chi connectivity index (χ3v) is 3.31. The van der Waals surface area contributed by atoms with Gasteiger partial charge in [0.1, 0.15) is 17.5 Å². The van der Waals surface area contributed by atoms with E-state index in [0.717, 1.165) is 31.2 Å². The van der Waals surface area contributed by atoms with Crippen LogP contribution in [-0.2, 0) is 4.79 Å². The lowest BCUT2D eigenvalue weighted by molar-refractivity contribution is -0.119. The first kappa shape index (κ1) is 14.5. The van der Waals surface area contributed by atoms with Crippen molar-refractivity contribution in [2.24, 2.45) is 5.84 Å². The third-order valence-electron chi connectivity index (χ3n) is 3.31. The van der Waals surface area contributed by atoms with Crippen LogP contribution in [0.5, 0.6) is 0 Å². The molecule has 1 saturated heterocycles. The molecule has 20 heavy (non-hydrogen) atoms. The van der Waals surface area contributed by atoms with E-state index in [-0.39, 0.29) is 17.9 Å². The number of rotatable bonds is 4. The van der Waals surface area contributed by atoms with Gasteiger partial charge in [-0.15, -0.1) is 0 Å². The van der Waals surface area contributed by atoms with E-state index < -0.39 is 0 Å². The molecule has 4 N–H and O–H groups in total. The summed E-state index contributed by atoms with van der Waals surface area (Å²) < 4.78 is 0. The maximum absolute atomic E-state index is 11.1. The fraction of sp³-hybridized carbons (Fsp3) is 0.615. The molecule has 0 saturated carbocycles. The van der Waals surface area contributed by atoms with Gasteiger partial charge in [0.25, 0.3) is 0 Å². The Morgan fingerprint density at radius 1 is 1.50 bits per heavy atom. The fourth-order valence-corrected chi connectivity index (χ4v) is 2.32. The molecule has 1 aliphatic heterocycles. The van der Waals surface area contributed by atoms with Crippen LogP contribution in [0.2, 0.25) is 0 Å². The zero-order chi connectivity index (χ0) is 14.7. The maximum Gasteiger partial charge on any atom is 0.217 e. The van der Waals surface area contributed by atoms with E-state index in [1.165, 1.54) is 0 Å². The number of carbonyl (C=O) groups is 1. The Morgan fingerprint density at radius 3 is 2.85 bits per heavy atom. The first-order chi connectivity index (χ1) is 9.49. The Morgan fingerprint density at radius 2 is 2.25 bits per heavy atom. The third kappa shape index (κ3) is 3.36. The number of anilines is 2. The summed E-state index contributed by atoms with van der Waals surface area (Å²) in [6.07, 6.45) is 0.923. The summed E-state index contributed by atoms with van der Waals surface area (Å²) in [4.78, 5) is 22.2. The standard InChI is InChI=1S/C13H22N6O/c1-8(2)13-16-11(18-14)6-12(17-13)19-5-4-10(7-19)15-9(3)20/h6,8,10H,4-5,7,14H2,1-3H3,(H,15,20)(H,16,17,18). The highest BCUT2D eigenvalue weighted by Gasteiger charge is 2.25. The molecule has 7 nitrogen and oxygen atoms in total. The first-order valence-electron chi connectivity index (χ1n) is 6.87. The molecular weight excluding hydrogens is 256 g/mol. The number of nitrogens with zero attached hydrogens (tertiary/aromatic N) is 3. The van der Waals surface area contributed by atoms with E-state index in [0.29, 0.717) is 5.82 Å². The van der Waals surface area contributed by atoms with E-state index in [1.54, 1.807) is 6.92 Å². The van der Waals surface area contributed by atoms with Crippen molar-refractivity contribution in [3.8, 4) is 0 Å². The highest BCUT2D eigenvalue weighted by Crippen LogP contribution is 2.23. The fourth-order valence-electron chi connectivity index (χ4n) is 2.32. The van der Waals surface area contributed by atoms with Gasteiger partial charge >= 0.3 is 0 Å². The van der Waals surface area contributed by atoms with E-state index in [4.69, 9.17) is 5.84 Å². The molecule has 2 heterocycles. The number of aromatic nitrogens is 2. The Hall–Kier alpha value is -1.89. The number of hydrazine groups is 1. The molecule has 1 aromatic rings. The van der Waals surface area contributed by atoms with Crippen molar-refractivity contribution in [2.45, 2.75) is 39.2 Å². The van der Waals surface area contributed by atoms with Crippen LogP contribution in [0.3, 0.4) is 0 Å². The largest absolute Gasteiger partial charge is 0.354 e. The monoisotopic (exact) mass is 278 g/mol. The molecule has 7 heteroatoms. The highest BCUT2D eigenvalue weighted by molar-refractivity contribution is 5.73. The second-order valence-electron chi connectivity index (χ2n) is 5.40. The van der Waals surface area contributed by atoms with Gasteiger partial charge in [0.2, 0.25) is 5.91 Å². The molecule has 1 unspecified atom stereocenters. The number of hydrogen-bond acceptors (Lipinski definition) is 6. The zero-order valence-corrected chi connectivity index (χ0v) is 12.2. The average Bonchev–Trinajstić information content (AvgIpc) is 2.85. The van der Waals surface area contributed by atoms with Crippen molar-refractivity contribution in [1.29, 1.82) is 0 Å². The Labute approximate surface area is 118 Å². The number of hydrogen-bond donors (Lipinski definition) is 3. The molecule has 0 aliphatic carbocycles. The topological polar surface area (TPSA) is 96.2 Å². The van der Waals surface area contributed by atoms with Gasteiger partial charge in [0.05, 0.1) is 0 Å². The van der Waals surface area contributed by atoms with Crippen molar-refractivity contribution in [1.82, 2.24) is 15.3 Å². The lowest BCUT2D eigenvalue weighted by atomic mass is 10.2. The molecule has 0 spiro atoms. The average molecular weight is 278 g/mol. The van der Waals surface area contributed by atoms with Gasteiger partial charge in [-0.2, -0.15) is 0 Å². The van der Waals surface area contributed by atoms with Crippen LogP contribution in [0.25, 0.3) is 0 Å². The van der Waals surface area contributed by atoms with Crippen LogP contribution in [0.4, 0.5) is 11.6 Å². The molecule has 110 valence electrons. The van der Waals surface area contributed by atoms with Gasteiger partial charge in [-0.1, -0.05) is 13.8 Å². The lowest BCUT2D eigenvalue weighted by Gasteiger charge is -2.19. The van der Waals surface area contributed by atoms with E-state index in [9.17, 15) is 4.79 Å². The Bertz CT molecular complexity index is 490. The van der Waals surface area contributed by atoms with Crippen LogP contribution < -0.4 is 21.5 Å². The SMILES string of the molecule is CC(=O)NC1CCN(c2cc(NN)nc(C(C)C)n2)C1. The summed E-state index contributed by atoms with van der Waals surface area (Å²) in [5, 5.41) is 2.94. The number of carbonyl (C=O) groups excluding carboxylic acids is 1. The molecule has 1 aliphatic rings. The van der Waals surface area contributed by atoms with Crippen LogP contribution >= 0.6 is 0 Å². The molecule has 1 aromatic heterocycles. The maximum atomic E-state index is 11.1. The highest BCUT2D eigenvalue weighted by atomic mass is 16.1. The van der Waals surface area contributed by atoms with Crippen molar-refractivity contribution in [2.75, 3.05) is 23.4 Å². The zero-order valence-electron chi connectivity index (χ0n) is 12.2. The number of nitrogen functional groups attached to an aromatic ring is 1. The molecule has 0 radical (unpaired) electrons. The summed E-state index contributed by atoms with van der Waals surface area (Å²) >= 11 is 0. The summed E-state index contributed by atoms with van der Waals surface area (Å²) in [6.45, 7) is 7.26. The molecule has 2 rings (SSSR count). The van der Waals surface area contributed by atoms with Gasteiger partial charge in [0.15, 0.2) is 0 Å². The lowest BCUT2D eigenvalue weighted by Crippen LogP contribution is -2.35. The van der Waals surface area contributed by atoms with E-state index >= 15 is 0 Å². The van der Waals surface area contributed by atoms with Gasteiger partial charge in [-0.3, -0.25) is 4.79 Å². The number of nitrogens with two attached hydrogens (primary N) is 1. The number of nitrogens with one attached hydrogen (secondary N) is 2. The molecule has 0 bridgehead atoms. The molecule has 1 fully saturated rings. The quantitative estimate of drug-likeness (QED) is 0.551. The van der Waals surface area contributed by atoms with Crippen LogP contribution in [0.15, 0.2) is 6.07 Å². The number of amides is 1. The molecule has 1 amide bonds. The van der Waals surface area contributed by atoms with Gasteiger partial charge < -0.3 is 15.6 Å². The minimum absolute atomic E-state index is 0.00622. The molecule has 0 aromatic carbocycles. The van der Waals surface area contributed by atoms with Crippen LogP contribution in [0, 0.1) is 0 Å². The second kappa shape index (κ2) is 6.04. The van der Waals surface area contributed by atoms with Crippen molar-refractivity contribution >= 4 is 17.5 Å². The van der Waals surface area contributed by atoms with Crippen LogP contribution in [-0.4, -0.2) is 35.0 Å². The Balaban J connectivity index is 2.16. The summed E-state index contributed by atoms with van der Waals surface area (Å²) in [7, 11) is 0. The normalized spacial score (nSPS) is 18.4. The minimum atomic E-state index is 0.00622. The van der Waals surface area contributed by atoms with Gasteiger partial charge in [0, 0.05) is 38.0 Å². The predicted molar refractivity (Wildman–Crippen MR) is 78.4 cm³/mol. The van der Waals surface area contributed by atoms with Gasteiger partial charge in [-0.05, 0) is 6.42 Å². The first-order valence-corrected chi connectivity index (χ1v) is 6.87. The summed E-state index contributed by atoms with van der Waals surface area (Å²) in [5.74, 6) is 7.93. The predicted octanol–water partition coefficient (Wildman–Crippen LogP) is 0.600. The van der Waals surface area contributed by atoms with Crippen LogP contribution in [0.1, 0.15) is 38.9 Å². The van der Waals surface area contributed by atoms with Crippen molar-refractivity contribution in [3.05, 3.63) is 11.9 Å². The van der Waals surface area contributed by atoms with E-state index in [2.05, 4.69) is 25.6 Å². The summed E-state index contributed by atoms with van der Waals surface area (Å²) in [5.41, 5.74) is 2.58. The summed E-state index contributed by atoms with van der Waals surface area (Å²) in [6, 6.07) is 2.02. The van der Waals surface area contributed by atoms with E-state index in [1.807, 2.05) is 19.9 Å². The minimum Gasteiger partial charge on any atom is -0.354 e. The molecular formula is C13H22N6O. The Kier molecular flexibility index (Phi) is 4.39. The van der Waals surface area contributed by atoms with Crippen molar-refractivity contribution < 1.29 is 4.79 Å². The van der Waals surface area contributed by atoms with Crippen molar-refractivity contribution in [3.63, 3.8) is 0 Å². The molecule has 1 atom stereocenters. The smallest absolute Gasteiger partial charge is 0.217 e. The van der Waals surface area contributed by atoms with Gasteiger partial charge in [-0.25, -0.2) is 15.8 Å².